The van der Waals surface area contributed by atoms with Gasteiger partial charge in [0.05, 0.1) is 13.7 Å². The summed E-state index contributed by atoms with van der Waals surface area (Å²) in [5.41, 5.74) is 0. The van der Waals surface area contributed by atoms with Crippen molar-refractivity contribution in [3.05, 3.63) is 0 Å². The summed E-state index contributed by atoms with van der Waals surface area (Å²) in [6.07, 6.45) is -5.29. The molecule has 0 radical (unpaired) electrons. The summed E-state index contributed by atoms with van der Waals surface area (Å²) in [6, 6.07) is 0. The standard InChI is InChI=1S/C6H12F3O7PS/c1-4-15-17(10,13-2)5(6(7,8)9)16-18(11,12)14-3/h5H,4H2,1-3H3. The maximum absolute atomic E-state index is 12.6. The fraction of sp³-hybridized carbons (Fsp3) is 1.00. The second-order valence-electron chi connectivity index (χ2n) is 2.71. The van der Waals surface area contributed by atoms with Gasteiger partial charge in [-0.3, -0.25) is 8.75 Å². The SMILES string of the molecule is CCOP(=O)(OC)C(OS(=O)(=O)OC)C(F)(F)F. The van der Waals surface area contributed by atoms with Crippen molar-refractivity contribution in [2.75, 3.05) is 20.8 Å². The second kappa shape index (κ2) is 6.31. The molecule has 0 aromatic rings. The van der Waals surface area contributed by atoms with Gasteiger partial charge in [-0.05, 0) is 6.92 Å². The van der Waals surface area contributed by atoms with Crippen LogP contribution in [-0.2, 0) is 32.4 Å². The van der Waals surface area contributed by atoms with E-state index in [0.717, 1.165) is 0 Å². The lowest BCUT2D eigenvalue weighted by Crippen LogP contribution is -2.35. The van der Waals surface area contributed by atoms with E-state index in [-0.39, 0.29) is 0 Å². The summed E-state index contributed by atoms with van der Waals surface area (Å²) in [5.74, 6) is -3.29. The van der Waals surface area contributed by atoms with Gasteiger partial charge in [0.1, 0.15) is 0 Å². The summed E-state index contributed by atoms with van der Waals surface area (Å²) in [7, 11) is -8.55. The molecule has 0 aromatic heterocycles. The Bertz CT molecular complexity index is 406. The number of halogens is 3. The molecule has 0 rings (SSSR count). The zero-order valence-electron chi connectivity index (χ0n) is 9.63. The van der Waals surface area contributed by atoms with Gasteiger partial charge in [-0.2, -0.15) is 21.6 Å². The van der Waals surface area contributed by atoms with Crippen LogP contribution in [0.15, 0.2) is 0 Å². The van der Waals surface area contributed by atoms with Crippen molar-refractivity contribution in [2.45, 2.75) is 18.9 Å². The zero-order chi connectivity index (χ0) is 14.6. The van der Waals surface area contributed by atoms with Crippen LogP contribution in [0.4, 0.5) is 13.2 Å². The van der Waals surface area contributed by atoms with Crippen LogP contribution in [0.1, 0.15) is 6.92 Å². The molecule has 0 N–H and O–H groups in total. The Kier molecular flexibility index (Phi) is 6.24. The van der Waals surface area contributed by atoms with Gasteiger partial charge in [0, 0.05) is 7.11 Å². The Balaban J connectivity index is 5.44. The second-order valence-corrected chi connectivity index (χ2v) is 6.22. The molecule has 18 heavy (non-hydrogen) atoms. The quantitative estimate of drug-likeness (QED) is 0.660. The van der Waals surface area contributed by atoms with Crippen molar-refractivity contribution >= 4 is 18.0 Å². The van der Waals surface area contributed by atoms with Gasteiger partial charge in [-0.1, -0.05) is 0 Å². The first-order valence-corrected chi connectivity index (χ1v) is 7.32. The van der Waals surface area contributed by atoms with Gasteiger partial charge < -0.3 is 9.05 Å². The van der Waals surface area contributed by atoms with Crippen molar-refractivity contribution in [3.63, 3.8) is 0 Å². The van der Waals surface area contributed by atoms with Crippen molar-refractivity contribution in [2.24, 2.45) is 0 Å². The predicted octanol–water partition coefficient (Wildman–Crippen LogP) is 1.66. The molecule has 0 fully saturated rings. The first-order valence-electron chi connectivity index (χ1n) is 4.38. The fourth-order valence-corrected chi connectivity index (χ4v) is 3.13. The minimum absolute atomic E-state index is 0.395. The topological polar surface area (TPSA) is 88.1 Å². The first-order chi connectivity index (χ1) is 8.02. The normalized spacial score (nSPS) is 18.3. The summed E-state index contributed by atoms with van der Waals surface area (Å²) < 4.78 is 87.1. The number of rotatable bonds is 7. The number of alkyl halides is 3. The Labute approximate surface area is 102 Å². The Hall–Kier alpha value is -0.190. The molecule has 0 aliphatic rings. The van der Waals surface area contributed by atoms with E-state index in [2.05, 4.69) is 17.4 Å². The van der Waals surface area contributed by atoms with Crippen LogP contribution < -0.4 is 0 Å². The van der Waals surface area contributed by atoms with Gasteiger partial charge in [0.25, 0.3) is 5.85 Å². The first kappa shape index (κ1) is 17.8. The summed E-state index contributed by atoms with van der Waals surface area (Å²) >= 11 is 0. The molecule has 2 unspecified atom stereocenters. The molecule has 0 bridgehead atoms. The highest BCUT2D eigenvalue weighted by Gasteiger charge is 2.57. The van der Waals surface area contributed by atoms with Gasteiger partial charge in [0.2, 0.25) is 0 Å². The number of hydrogen-bond donors (Lipinski definition) is 0. The van der Waals surface area contributed by atoms with E-state index in [4.69, 9.17) is 0 Å². The molecule has 0 saturated heterocycles. The molecule has 0 heterocycles. The van der Waals surface area contributed by atoms with Gasteiger partial charge in [0.15, 0.2) is 0 Å². The average Bonchev–Trinajstić information content (AvgIpc) is 2.25. The van der Waals surface area contributed by atoms with Crippen LogP contribution >= 0.6 is 7.60 Å². The van der Waals surface area contributed by atoms with E-state index < -0.39 is 36.6 Å². The summed E-state index contributed by atoms with van der Waals surface area (Å²) in [6.45, 7) is 0.859. The largest absolute Gasteiger partial charge is 0.427 e. The van der Waals surface area contributed by atoms with E-state index in [1.165, 1.54) is 6.92 Å². The average molecular weight is 316 g/mol. The van der Waals surface area contributed by atoms with E-state index in [9.17, 15) is 26.2 Å². The third kappa shape index (κ3) is 4.82. The lowest BCUT2D eigenvalue weighted by molar-refractivity contribution is -0.175. The lowest BCUT2D eigenvalue weighted by Gasteiger charge is -2.25. The van der Waals surface area contributed by atoms with Crippen LogP contribution in [0.3, 0.4) is 0 Å². The fourth-order valence-electron chi connectivity index (χ4n) is 0.834. The Morgan fingerprint density at radius 2 is 1.78 bits per heavy atom. The maximum Gasteiger partial charge on any atom is 0.427 e. The van der Waals surface area contributed by atoms with E-state index in [0.29, 0.717) is 14.2 Å². The molecule has 0 aliphatic carbocycles. The van der Waals surface area contributed by atoms with E-state index in [1.54, 1.807) is 0 Å². The molecular weight excluding hydrogens is 304 g/mol. The molecule has 0 spiro atoms. The predicted molar refractivity (Wildman–Crippen MR) is 53.1 cm³/mol. The van der Waals surface area contributed by atoms with E-state index in [1.807, 2.05) is 0 Å². The lowest BCUT2D eigenvalue weighted by atomic mass is 10.7. The Morgan fingerprint density at radius 1 is 1.28 bits per heavy atom. The minimum Gasteiger partial charge on any atom is -0.310 e. The highest BCUT2D eigenvalue weighted by atomic mass is 32.3. The molecule has 0 aromatic carbocycles. The van der Waals surface area contributed by atoms with E-state index >= 15 is 0 Å². The van der Waals surface area contributed by atoms with Crippen LogP contribution in [0.25, 0.3) is 0 Å². The molecule has 0 aliphatic heterocycles. The van der Waals surface area contributed by atoms with Crippen molar-refractivity contribution < 1.29 is 43.6 Å². The maximum atomic E-state index is 12.6. The smallest absolute Gasteiger partial charge is 0.310 e. The number of hydrogen-bond acceptors (Lipinski definition) is 7. The molecule has 7 nitrogen and oxygen atoms in total. The molecule has 110 valence electrons. The minimum atomic E-state index is -5.29. The molecule has 2 atom stereocenters. The van der Waals surface area contributed by atoms with Gasteiger partial charge in [-0.25, -0.2) is 4.18 Å². The molecule has 0 saturated carbocycles. The highest BCUT2D eigenvalue weighted by molar-refractivity contribution is 7.82. The van der Waals surface area contributed by atoms with Crippen LogP contribution in [0.2, 0.25) is 0 Å². The Morgan fingerprint density at radius 3 is 2.06 bits per heavy atom. The van der Waals surface area contributed by atoms with Gasteiger partial charge in [-0.15, -0.1) is 0 Å². The third-order valence-corrected chi connectivity index (χ3v) is 4.62. The van der Waals surface area contributed by atoms with Crippen LogP contribution in [0, 0.1) is 0 Å². The highest BCUT2D eigenvalue weighted by Crippen LogP contribution is 2.58. The molecule has 12 heteroatoms. The molecular formula is C6H12F3O7PS. The summed E-state index contributed by atoms with van der Waals surface area (Å²) in [4.78, 5) is 0. The van der Waals surface area contributed by atoms with Crippen molar-refractivity contribution in [1.82, 2.24) is 0 Å². The van der Waals surface area contributed by atoms with Crippen LogP contribution in [0.5, 0.6) is 0 Å². The van der Waals surface area contributed by atoms with Crippen LogP contribution in [-0.4, -0.2) is 41.3 Å². The monoisotopic (exact) mass is 316 g/mol. The summed E-state index contributed by atoms with van der Waals surface area (Å²) in [5, 5.41) is 0. The third-order valence-electron chi connectivity index (χ3n) is 1.54. The van der Waals surface area contributed by atoms with Crippen molar-refractivity contribution in [1.29, 1.82) is 0 Å². The zero-order valence-corrected chi connectivity index (χ0v) is 11.3. The van der Waals surface area contributed by atoms with Crippen molar-refractivity contribution in [3.8, 4) is 0 Å². The van der Waals surface area contributed by atoms with Gasteiger partial charge >= 0.3 is 24.2 Å². The molecule has 0 amide bonds.